The van der Waals surface area contributed by atoms with Crippen LogP contribution in [0.3, 0.4) is 0 Å². The lowest BCUT2D eigenvalue weighted by Gasteiger charge is -2.38. The van der Waals surface area contributed by atoms with E-state index in [1.165, 1.54) is 19.3 Å². The van der Waals surface area contributed by atoms with E-state index >= 15 is 0 Å². The highest BCUT2D eigenvalue weighted by atomic mass is 79.9. The molecule has 0 radical (unpaired) electrons. The highest BCUT2D eigenvalue weighted by Gasteiger charge is 2.46. The van der Waals surface area contributed by atoms with Gasteiger partial charge >= 0.3 is 11.9 Å². The van der Waals surface area contributed by atoms with Crippen LogP contribution in [0.2, 0.25) is 0 Å². The van der Waals surface area contributed by atoms with E-state index in [1.54, 1.807) is 30.3 Å². The molecule has 0 unspecified atom stereocenters. The van der Waals surface area contributed by atoms with Crippen LogP contribution in [-0.4, -0.2) is 24.8 Å². The van der Waals surface area contributed by atoms with Gasteiger partial charge in [-0.05, 0) is 58.6 Å². The Morgan fingerprint density at radius 3 is 2.44 bits per heavy atom. The molecule has 2 aromatic carbocycles. The van der Waals surface area contributed by atoms with Gasteiger partial charge in [0, 0.05) is 18.4 Å². The number of carbonyl (C=O) groups is 2. The molecule has 0 atom stereocenters. The Morgan fingerprint density at radius 2 is 1.78 bits per heavy atom. The molecule has 2 fully saturated rings. The molecule has 6 nitrogen and oxygen atoms in total. The van der Waals surface area contributed by atoms with E-state index in [-0.39, 0.29) is 18.0 Å². The van der Waals surface area contributed by atoms with Gasteiger partial charge in [0.25, 0.3) is 5.79 Å². The van der Waals surface area contributed by atoms with Crippen LogP contribution in [0.5, 0.6) is 11.5 Å². The van der Waals surface area contributed by atoms with E-state index in [2.05, 4.69) is 15.9 Å². The summed E-state index contributed by atoms with van der Waals surface area (Å²) in [7, 11) is 1.46. The molecule has 168 valence electrons. The van der Waals surface area contributed by atoms with Gasteiger partial charge in [0.15, 0.2) is 11.5 Å². The second kappa shape index (κ2) is 9.32. The minimum Gasteiger partial charge on any atom is -0.493 e. The molecule has 1 spiro atoms. The molecule has 1 saturated carbocycles. The molecular weight excluding hydrogens is 483 g/mol. The van der Waals surface area contributed by atoms with Gasteiger partial charge in [-0.1, -0.05) is 24.6 Å². The maximum Gasteiger partial charge on any atom is 0.348 e. The van der Waals surface area contributed by atoms with Crippen LogP contribution in [0.1, 0.15) is 43.2 Å². The number of esters is 2. The average Bonchev–Trinajstić information content (AvgIpc) is 2.77. The van der Waals surface area contributed by atoms with E-state index < -0.39 is 17.7 Å². The van der Waals surface area contributed by atoms with Gasteiger partial charge in [0.1, 0.15) is 18.0 Å². The molecule has 32 heavy (non-hydrogen) atoms. The summed E-state index contributed by atoms with van der Waals surface area (Å²) in [6.45, 7) is 0.00278. The molecule has 2 aliphatic rings. The molecule has 1 aliphatic heterocycles. The third-order valence-electron chi connectivity index (χ3n) is 5.51. The number of rotatable bonds is 5. The third-order valence-corrected chi connectivity index (χ3v) is 6.09. The monoisotopic (exact) mass is 504 g/mol. The summed E-state index contributed by atoms with van der Waals surface area (Å²) >= 11 is 3.42. The molecule has 0 amide bonds. The van der Waals surface area contributed by atoms with Crippen molar-refractivity contribution in [2.45, 2.75) is 44.5 Å². The van der Waals surface area contributed by atoms with Crippen molar-refractivity contribution in [3.05, 3.63) is 63.4 Å². The smallest absolute Gasteiger partial charge is 0.348 e. The maximum atomic E-state index is 13.9. The Bertz CT molecular complexity index is 1050. The predicted octanol–water partition coefficient (Wildman–Crippen LogP) is 5.32. The summed E-state index contributed by atoms with van der Waals surface area (Å²) in [6.07, 6.45) is 5.15. The first kappa shape index (κ1) is 22.3. The van der Waals surface area contributed by atoms with Crippen LogP contribution in [-0.2, 0) is 25.7 Å². The van der Waals surface area contributed by atoms with Crippen LogP contribution in [0.15, 0.2) is 46.4 Å². The zero-order valence-corrected chi connectivity index (χ0v) is 19.1. The predicted molar refractivity (Wildman–Crippen MR) is 117 cm³/mol. The summed E-state index contributed by atoms with van der Waals surface area (Å²) in [5, 5.41) is 0. The Kier molecular flexibility index (Phi) is 6.50. The average molecular weight is 505 g/mol. The van der Waals surface area contributed by atoms with Gasteiger partial charge in [0.05, 0.1) is 11.6 Å². The zero-order valence-electron chi connectivity index (χ0n) is 17.5. The lowest BCUT2D eigenvalue weighted by atomic mass is 9.93. The van der Waals surface area contributed by atoms with E-state index in [1.807, 2.05) is 0 Å². The topological polar surface area (TPSA) is 71.1 Å². The fraction of sp³-hybridized carbons (Fsp3) is 0.333. The number of hydrogen-bond acceptors (Lipinski definition) is 6. The quantitative estimate of drug-likeness (QED) is 0.311. The van der Waals surface area contributed by atoms with Crippen molar-refractivity contribution in [3.8, 4) is 11.5 Å². The molecule has 0 N–H and O–H groups in total. The molecule has 2 aromatic rings. The fourth-order valence-electron chi connectivity index (χ4n) is 3.86. The standard InChI is InChI=1S/C24H22BrFO6/c1-29-20-13-15(12-18(25)21(20)30-14-16-7-3-4-8-19(16)26)11-17-22(27)31-24(32-23(17)28)9-5-2-6-10-24/h3-4,7-8,11-13H,2,5-6,9-10,14H2,1H3. The Hall–Kier alpha value is -2.87. The van der Waals surface area contributed by atoms with Crippen molar-refractivity contribution in [2.75, 3.05) is 7.11 Å². The highest BCUT2D eigenvalue weighted by molar-refractivity contribution is 9.10. The normalized spacial score (nSPS) is 17.5. The molecule has 1 heterocycles. The van der Waals surface area contributed by atoms with Crippen LogP contribution < -0.4 is 9.47 Å². The first-order valence-electron chi connectivity index (χ1n) is 10.3. The second-order valence-corrected chi connectivity index (χ2v) is 8.58. The van der Waals surface area contributed by atoms with Gasteiger partial charge in [-0.2, -0.15) is 0 Å². The van der Waals surface area contributed by atoms with Crippen LogP contribution in [0.25, 0.3) is 6.08 Å². The summed E-state index contributed by atoms with van der Waals surface area (Å²) in [5.74, 6) is -2.17. The largest absolute Gasteiger partial charge is 0.493 e. The number of carbonyl (C=O) groups excluding carboxylic acids is 2. The lowest BCUT2D eigenvalue weighted by Crippen LogP contribution is -2.47. The Morgan fingerprint density at radius 1 is 1.09 bits per heavy atom. The van der Waals surface area contributed by atoms with Crippen LogP contribution in [0.4, 0.5) is 4.39 Å². The van der Waals surface area contributed by atoms with E-state index in [0.717, 1.165) is 19.3 Å². The van der Waals surface area contributed by atoms with Crippen molar-refractivity contribution in [1.82, 2.24) is 0 Å². The molecule has 1 saturated heterocycles. The number of hydrogen-bond donors (Lipinski definition) is 0. The van der Waals surface area contributed by atoms with Crippen molar-refractivity contribution in [2.24, 2.45) is 0 Å². The van der Waals surface area contributed by atoms with E-state index in [9.17, 15) is 14.0 Å². The second-order valence-electron chi connectivity index (χ2n) is 7.72. The minimum absolute atomic E-state index is 0.00278. The molecule has 1 aliphatic carbocycles. The van der Waals surface area contributed by atoms with Crippen molar-refractivity contribution in [3.63, 3.8) is 0 Å². The lowest BCUT2D eigenvalue weighted by molar-refractivity contribution is -0.244. The summed E-state index contributed by atoms with van der Waals surface area (Å²) in [6, 6.07) is 9.60. The maximum absolute atomic E-state index is 13.9. The van der Waals surface area contributed by atoms with Crippen LogP contribution >= 0.6 is 15.9 Å². The molecule has 8 heteroatoms. The number of halogens is 2. The van der Waals surface area contributed by atoms with Gasteiger partial charge in [-0.15, -0.1) is 0 Å². The Labute approximate surface area is 193 Å². The SMILES string of the molecule is COc1cc(C=C2C(=O)OC3(CCCCC3)OC2=O)cc(Br)c1OCc1ccccc1F. The van der Waals surface area contributed by atoms with Gasteiger partial charge in [-0.3, -0.25) is 0 Å². The number of benzene rings is 2. The highest BCUT2D eigenvalue weighted by Crippen LogP contribution is 2.40. The summed E-state index contributed by atoms with van der Waals surface area (Å²) in [5.41, 5.74) is 0.725. The van der Waals surface area contributed by atoms with Gasteiger partial charge in [-0.25, -0.2) is 14.0 Å². The van der Waals surface area contributed by atoms with E-state index in [0.29, 0.717) is 39.9 Å². The fourth-order valence-corrected chi connectivity index (χ4v) is 4.43. The van der Waals surface area contributed by atoms with E-state index in [4.69, 9.17) is 18.9 Å². The number of ether oxygens (including phenoxy) is 4. The molecule has 0 aromatic heterocycles. The zero-order chi connectivity index (χ0) is 22.7. The first-order chi connectivity index (χ1) is 15.4. The molecule has 0 bridgehead atoms. The van der Waals surface area contributed by atoms with Crippen LogP contribution in [0, 0.1) is 5.82 Å². The minimum atomic E-state index is -1.13. The van der Waals surface area contributed by atoms with Crippen molar-refractivity contribution >= 4 is 33.9 Å². The summed E-state index contributed by atoms with van der Waals surface area (Å²) in [4.78, 5) is 25.2. The Balaban J connectivity index is 1.56. The third kappa shape index (κ3) is 4.65. The molecule has 4 rings (SSSR count). The summed E-state index contributed by atoms with van der Waals surface area (Å²) < 4.78 is 36.6. The van der Waals surface area contributed by atoms with Gasteiger partial charge in [0.2, 0.25) is 0 Å². The number of methoxy groups -OCH3 is 1. The van der Waals surface area contributed by atoms with Crippen molar-refractivity contribution in [1.29, 1.82) is 0 Å². The van der Waals surface area contributed by atoms with Crippen molar-refractivity contribution < 1.29 is 32.9 Å². The first-order valence-corrected chi connectivity index (χ1v) is 11.1. The molecular formula is C24H22BrFO6. The van der Waals surface area contributed by atoms with Gasteiger partial charge < -0.3 is 18.9 Å².